The average molecular weight is 430 g/mol. The van der Waals surface area contributed by atoms with Crippen LogP contribution < -0.4 is 5.43 Å². The molecular formula is C21H17F3N4O3. The first-order valence-corrected chi connectivity index (χ1v) is 9.02. The van der Waals surface area contributed by atoms with E-state index in [4.69, 9.17) is 0 Å². The van der Waals surface area contributed by atoms with Crippen molar-refractivity contribution in [3.63, 3.8) is 0 Å². The van der Waals surface area contributed by atoms with Gasteiger partial charge in [-0.1, -0.05) is 6.07 Å². The van der Waals surface area contributed by atoms with Gasteiger partial charge >= 0.3 is 6.18 Å². The van der Waals surface area contributed by atoms with Crippen LogP contribution in [0, 0.1) is 24.0 Å². The number of nitrogens with zero attached hydrogens (tertiary/aromatic N) is 3. The van der Waals surface area contributed by atoms with Crippen molar-refractivity contribution < 1.29 is 22.9 Å². The Labute approximate surface area is 175 Å². The number of nitro benzene ring substituents is 1. The molecule has 160 valence electrons. The van der Waals surface area contributed by atoms with Crippen LogP contribution in [0.1, 0.15) is 32.9 Å². The number of halogens is 3. The zero-order valence-electron chi connectivity index (χ0n) is 16.5. The van der Waals surface area contributed by atoms with Crippen LogP contribution in [0.4, 0.5) is 18.9 Å². The fourth-order valence-electron chi connectivity index (χ4n) is 3.10. The molecule has 0 aliphatic carbocycles. The number of nitro groups is 1. The summed E-state index contributed by atoms with van der Waals surface area (Å²) in [7, 11) is 0. The molecule has 0 fully saturated rings. The first-order valence-electron chi connectivity index (χ1n) is 9.02. The lowest BCUT2D eigenvalue weighted by molar-refractivity contribution is -0.384. The number of aromatic nitrogens is 1. The predicted molar refractivity (Wildman–Crippen MR) is 108 cm³/mol. The Kier molecular flexibility index (Phi) is 5.91. The highest BCUT2D eigenvalue weighted by molar-refractivity contribution is 5.95. The van der Waals surface area contributed by atoms with Gasteiger partial charge in [-0.15, -0.1) is 0 Å². The Hall–Kier alpha value is -3.95. The Balaban J connectivity index is 1.79. The van der Waals surface area contributed by atoms with E-state index in [1.807, 2.05) is 0 Å². The van der Waals surface area contributed by atoms with E-state index in [0.29, 0.717) is 22.6 Å². The molecule has 0 radical (unpaired) electrons. The molecule has 0 aliphatic rings. The first-order chi connectivity index (χ1) is 14.6. The summed E-state index contributed by atoms with van der Waals surface area (Å²) in [6.07, 6.45) is -3.06. The molecule has 31 heavy (non-hydrogen) atoms. The van der Waals surface area contributed by atoms with Crippen LogP contribution in [-0.4, -0.2) is 21.6 Å². The Morgan fingerprint density at radius 1 is 1.13 bits per heavy atom. The van der Waals surface area contributed by atoms with Crippen molar-refractivity contribution in [1.82, 2.24) is 9.99 Å². The normalized spacial score (nSPS) is 11.6. The van der Waals surface area contributed by atoms with Gasteiger partial charge in [-0.25, -0.2) is 5.43 Å². The smallest absolute Gasteiger partial charge is 0.318 e. The number of rotatable bonds is 5. The largest absolute Gasteiger partial charge is 0.416 e. The van der Waals surface area contributed by atoms with E-state index in [-0.39, 0.29) is 11.3 Å². The Morgan fingerprint density at radius 2 is 1.81 bits per heavy atom. The maximum absolute atomic E-state index is 13.0. The third-order valence-electron chi connectivity index (χ3n) is 4.61. The molecule has 0 atom stereocenters. The minimum Gasteiger partial charge on any atom is -0.318 e. The van der Waals surface area contributed by atoms with Gasteiger partial charge in [0, 0.05) is 40.3 Å². The summed E-state index contributed by atoms with van der Waals surface area (Å²) in [6, 6.07) is 11.8. The highest BCUT2D eigenvalue weighted by atomic mass is 19.4. The van der Waals surface area contributed by atoms with E-state index >= 15 is 0 Å². The number of hydrogen-bond acceptors (Lipinski definition) is 4. The molecule has 0 unspecified atom stereocenters. The van der Waals surface area contributed by atoms with Crippen LogP contribution in [-0.2, 0) is 6.18 Å². The molecule has 3 rings (SSSR count). The van der Waals surface area contributed by atoms with E-state index in [1.54, 1.807) is 30.5 Å². The lowest BCUT2D eigenvalue weighted by Gasteiger charge is -2.13. The van der Waals surface area contributed by atoms with Crippen LogP contribution in [0.5, 0.6) is 0 Å². The summed E-state index contributed by atoms with van der Waals surface area (Å²) in [6.45, 7) is 3.48. The van der Waals surface area contributed by atoms with Gasteiger partial charge in [0.05, 0.1) is 16.7 Å². The predicted octanol–water partition coefficient (Wildman–Crippen LogP) is 4.79. The summed E-state index contributed by atoms with van der Waals surface area (Å²) in [5.74, 6) is -0.558. The van der Waals surface area contributed by atoms with Gasteiger partial charge in [0.2, 0.25) is 0 Å². The van der Waals surface area contributed by atoms with Crippen molar-refractivity contribution in [3.05, 3.63) is 92.8 Å². The van der Waals surface area contributed by atoms with Gasteiger partial charge in [-0.3, -0.25) is 14.9 Å². The molecule has 0 spiro atoms. The van der Waals surface area contributed by atoms with Crippen molar-refractivity contribution in [2.75, 3.05) is 0 Å². The first kappa shape index (κ1) is 21.8. The van der Waals surface area contributed by atoms with Crippen molar-refractivity contribution in [1.29, 1.82) is 0 Å². The summed E-state index contributed by atoms with van der Waals surface area (Å²) in [5.41, 5.74) is 3.94. The minimum absolute atomic E-state index is 0.137. The Bertz CT molecular complexity index is 1170. The molecule has 1 N–H and O–H groups in total. The molecule has 1 amide bonds. The van der Waals surface area contributed by atoms with Gasteiger partial charge in [-0.05, 0) is 50.2 Å². The van der Waals surface area contributed by atoms with E-state index < -0.39 is 22.6 Å². The summed E-state index contributed by atoms with van der Waals surface area (Å²) >= 11 is 0. The number of benzene rings is 2. The number of hydrazone groups is 1. The molecule has 0 bridgehead atoms. The van der Waals surface area contributed by atoms with Gasteiger partial charge in [0.25, 0.3) is 11.6 Å². The lowest BCUT2D eigenvalue weighted by Crippen LogP contribution is -2.17. The number of amides is 1. The minimum atomic E-state index is -4.45. The zero-order chi connectivity index (χ0) is 22.8. The zero-order valence-corrected chi connectivity index (χ0v) is 16.5. The maximum Gasteiger partial charge on any atom is 0.416 e. The summed E-state index contributed by atoms with van der Waals surface area (Å²) in [4.78, 5) is 22.2. The van der Waals surface area contributed by atoms with Crippen LogP contribution in [0.25, 0.3) is 5.69 Å². The third kappa shape index (κ3) is 4.80. The highest BCUT2D eigenvalue weighted by Gasteiger charge is 2.30. The lowest BCUT2D eigenvalue weighted by atomic mass is 10.2. The molecule has 0 saturated heterocycles. The number of carbonyl (C=O) groups is 1. The van der Waals surface area contributed by atoms with E-state index in [1.165, 1.54) is 36.5 Å². The monoisotopic (exact) mass is 430 g/mol. The topological polar surface area (TPSA) is 89.5 Å². The van der Waals surface area contributed by atoms with Crippen molar-refractivity contribution in [3.8, 4) is 5.69 Å². The van der Waals surface area contributed by atoms with E-state index in [2.05, 4.69) is 10.5 Å². The number of hydrogen-bond donors (Lipinski definition) is 1. The number of nitrogens with one attached hydrogen (secondary N) is 1. The summed E-state index contributed by atoms with van der Waals surface area (Å²) in [5, 5.41) is 14.6. The molecule has 3 aromatic rings. The molecule has 7 nitrogen and oxygen atoms in total. The highest BCUT2D eigenvalue weighted by Crippen LogP contribution is 2.31. The second-order valence-electron chi connectivity index (χ2n) is 6.71. The second kappa shape index (κ2) is 8.42. The van der Waals surface area contributed by atoms with E-state index in [0.717, 1.165) is 12.1 Å². The standard InChI is InChI=1S/C21H17F3N4O3/c1-13-10-16(12-25-26-20(29)15-6-8-18(9-7-15)28(30)31)14(2)27(13)19-5-3-4-17(11-19)21(22,23)24/h3-12H,1-2H3,(H,26,29)/b25-12-. The molecule has 1 heterocycles. The fraction of sp³-hybridized carbons (Fsp3) is 0.143. The molecule has 1 aromatic heterocycles. The number of carbonyl (C=O) groups excluding carboxylic acids is 1. The van der Waals surface area contributed by atoms with Crippen LogP contribution in [0.2, 0.25) is 0 Å². The molecule has 10 heteroatoms. The fourth-order valence-corrected chi connectivity index (χ4v) is 3.10. The third-order valence-corrected chi connectivity index (χ3v) is 4.61. The van der Waals surface area contributed by atoms with Crippen LogP contribution >= 0.6 is 0 Å². The quantitative estimate of drug-likeness (QED) is 0.359. The van der Waals surface area contributed by atoms with Crippen molar-refractivity contribution in [2.45, 2.75) is 20.0 Å². The van der Waals surface area contributed by atoms with E-state index in [9.17, 15) is 28.1 Å². The van der Waals surface area contributed by atoms with Crippen molar-refractivity contribution in [2.24, 2.45) is 5.10 Å². The van der Waals surface area contributed by atoms with Crippen LogP contribution in [0.15, 0.2) is 59.7 Å². The van der Waals surface area contributed by atoms with Gasteiger partial charge < -0.3 is 4.57 Å². The molecule has 2 aromatic carbocycles. The maximum atomic E-state index is 13.0. The van der Waals surface area contributed by atoms with Crippen molar-refractivity contribution >= 4 is 17.8 Å². The SMILES string of the molecule is Cc1cc(/C=N\NC(=O)c2ccc([N+](=O)[O-])cc2)c(C)n1-c1cccc(C(F)(F)F)c1. The Morgan fingerprint density at radius 3 is 2.42 bits per heavy atom. The average Bonchev–Trinajstić information content (AvgIpc) is 3.00. The van der Waals surface area contributed by atoms with Gasteiger partial charge in [-0.2, -0.15) is 18.3 Å². The van der Waals surface area contributed by atoms with Crippen LogP contribution in [0.3, 0.4) is 0 Å². The molecule has 0 saturated carbocycles. The van der Waals surface area contributed by atoms with Gasteiger partial charge in [0.1, 0.15) is 0 Å². The molecule has 0 aliphatic heterocycles. The molecular weight excluding hydrogens is 413 g/mol. The second-order valence-corrected chi connectivity index (χ2v) is 6.71. The number of aryl methyl sites for hydroxylation is 1. The number of non-ortho nitro benzene ring substituents is 1. The van der Waals surface area contributed by atoms with Gasteiger partial charge in [0.15, 0.2) is 0 Å². The number of alkyl halides is 3. The summed E-state index contributed by atoms with van der Waals surface area (Å²) < 4.78 is 40.8.